The SMILES string of the molecule is C/C=C(\C)C1C[C@@H]1CCCOc1ccccc1. The molecule has 0 amide bonds. The van der Waals surface area contributed by atoms with Crippen molar-refractivity contribution in [2.24, 2.45) is 11.8 Å². The fraction of sp³-hybridized carbons (Fsp3) is 0.500. The van der Waals surface area contributed by atoms with Gasteiger partial charge in [-0.2, -0.15) is 0 Å². The van der Waals surface area contributed by atoms with Crippen LogP contribution in [0.5, 0.6) is 5.75 Å². The Labute approximate surface area is 104 Å². The van der Waals surface area contributed by atoms with Crippen molar-refractivity contribution < 1.29 is 4.74 Å². The molecule has 0 saturated heterocycles. The predicted molar refractivity (Wildman–Crippen MR) is 72.2 cm³/mol. The summed E-state index contributed by atoms with van der Waals surface area (Å²) in [6.45, 7) is 5.25. The Morgan fingerprint density at radius 2 is 2.12 bits per heavy atom. The van der Waals surface area contributed by atoms with Crippen LogP contribution in [0.3, 0.4) is 0 Å². The van der Waals surface area contributed by atoms with Gasteiger partial charge in [-0.05, 0) is 57.1 Å². The van der Waals surface area contributed by atoms with Crippen LogP contribution in [0.25, 0.3) is 0 Å². The van der Waals surface area contributed by atoms with E-state index in [4.69, 9.17) is 4.74 Å². The highest BCUT2D eigenvalue weighted by Gasteiger charge is 2.36. The molecular weight excluding hydrogens is 208 g/mol. The van der Waals surface area contributed by atoms with Crippen LogP contribution in [0.15, 0.2) is 42.0 Å². The normalized spacial score (nSPS) is 23.5. The van der Waals surface area contributed by atoms with Gasteiger partial charge in [0.1, 0.15) is 5.75 Å². The number of benzene rings is 1. The second-order valence-corrected chi connectivity index (χ2v) is 4.94. The summed E-state index contributed by atoms with van der Waals surface area (Å²) >= 11 is 0. The largest absolute Gasteiger partial charge is 0.494 e. The van der Waals surface area contributed by atoms with Crippen LogP contribution in [-0.2, 0) is 0 Å². The Morgan fingerprint density at radius 1 is 1.35 bits per heavy atom. The molecule has 1 aromatic carbocycles. The van der Waals surface area contributed by atoms with Gasteiger partial charge in [0.15, 0.2) is 0 Å². The Kier molecular flexibility index (Phi) is 4.24. The number of hydrogen-bond donors (Lipinski definition) is 0. The number of hydrogen-bond acceptors (Lipinski definition) is 1. The van der Waals surface area contributed by atoms with E-state index in [-0.39, 0.29) is 0 Å². The number of rotatable bonds is 6. The van der Waals surface area contributed by atoms with Gasteiger partial charge in [-0.1, -0.05) is 29.8 Å². The lowest BCUT2D eigenvalue weighted by atomic mass is 10.1. The summed E-state index contributed by atoms with van der Waals surface area (Å²) in [5.74, 6) is 2.78. The molecule has 1 aliphatic carbocycles. The summed E-state index contributed by atoms with van der Waals surface area (Å²) in [5, 5.41) is 0. The molecule has 1 aliphatic rings. The fourth-order valence-electron chi connectivity index (χ4n) is 2.39. The maximum atomic E-state index is 5.69. The van der Waals surface area contributed by atoms with E-state index in [0.29, 0.717) is 0 Å². The summed E-state index contributed by atoms with van der Waals surface area (Å²) < 4.78 is 5.69. The molecular formula is C16H22O. The van der Waals surface area contributed by atoms with Gasteiger partial charge in [0, 0.05) is 0 Å². The fourth-order valence-corrected chi connectivity index (χ4v) is 2.39. The van der Waals surface area contributed by atoms with Crippen molar-refractivity contribution in [1.82, 2.24) is 0 Å². The zero-order valence-electron chi connectivity index (χ0n) is 10.9. The number of para-hydroxylation sites is 1. The van der Waals surface area contributed by atoms with Crippen LogP contribution in [0.4, 0.5) is 0 Å². The summed E-state index contributed by atoms with van der Waals surface area (Å²) in [4.78, 5) is 0. The first-order valence-corrected chi connectivity index (χ1v) is 6.62. The van der Waals surface area contributed by atoms with Gasteiger partial charge in [0.25, 0.3) is 0 Å². The van der Waals surface area contributed by atoms with Crippen LogP contribution in [-0.4, -0.2) is 6.61 Å². The highest BCUT2D eigenvalue weighted by Crippen LogP contribution is 2.46. The standard InChI is InChI=1S/C16H22O/c1-3-13(2)16-12-14(16)8-7-11-17-15-9-5-4-6-10-15/h3-6,9-10,14,16H,7-8,11-12H2,1-2H3/b13-3+/t14-,16?/m0/s1. The van der Waals surface area contributed by atoms with Gasteiger partial charge in [-0.25, -0.2) is 0 Å². The van der Waals surface area contributed by atoms with Crippen molar-refractivity contribution in [3.63, 3.8) is 0 Å². The van der Waals surface area contributed by atoms with Crippen LogP contribution in [0, 0.1) is 11.8 Å². The Bertz CT molecular complexity index is 366. The minimum atomic E-state index is 0.849. The average Bonchev–Trinajstić information content (AvgIpc) is 3.14. The molecule has 1 nitrogen and oxygen atoms in total. The van der Waals surface area contributed by atoms with Crippen molar-refractivity contribution >= 4 is 0 Å². The Hall–Kier alpha value is -1.24. The van der Waals surface area contributed by atoms with Gasteiger partial charge < -0.3 is 4.74 Å². The zero-order chi connectivity index (χ0) is 12.1. The monoisotopic (exact) mass is 230 g/mol. The molecule has 17 heavy (non-hydrogen) atoms. The highest BCUT2D eigenvalue weighted by atomic mass is 16.5. The van der Waals surface area contributed by atoms with E-state index in [1.54, 1.807) is 5.57 Å². The molecule has 1 unspecified atom stereocenters. The van der Waals surface area contributed by atoms with Gasteiger partial charge in [-0.3, -0.25) is 0 Å². The average molecular weight is 230 g/mol. The second kappa shape index (κ2) is 5.90. The quantitative estimate of drug-likeness (QED) is 0.518. The predicted octanol–water partition coefficient (Wildman–Crippen LogP) is 4.45. The van der Waals surface area contributed by atoms with Crippen LogP contribution >= 0.6 is 0 Å². The zero-order valence-corrected chi connectivity index (χ0v) is 10.9. The maximum absolute atomic E-state index is 5.69. The summed E-state index contributed by atoms with van der Waals surface area (Å²) in [6, 6.07) is 10.1. The van der Waals surface area contributed by atoms with Gasteiger partial charge in [0.05, 0.1) is 6.61 Å². The molecule has 0 N–H and O–H groups in total. The minimum Gasteiger partial charge on any atom is -0.494 e. The lowest BCUT2D eigenvalue weighted by Gasteiger charge is -2.05. The molecule has 1 heteroatoms. The summed E-state index contributed by atoms with van der Waals surface area (Å²) in [6.07, 6.45) is 6.13. The van der Waals surface area contributed by atoms with E-state index >= 15 is 0 Å². The van der Waals surface area contributed by atoms with Crippen molar-refractivity contribution in [3.8, 4) is 5.75 Å². The Balaban J connectivity index is 1.59. The molecule has 0 heterocycles. The van der Waals surface area contributed by atoms with Crippen molar-refractivity contribution in [2.75, 3.05) is 6.61 Å². The molecule has 0 aromatic heterocycles. The first-order valence-electron chi connectivity index (χ1n) is 6.62. The molecule has 92 valence electrons. The van der Waals surface area contributed by atoms with Crippen LogP contribution in [0.2, 0.25) is 0 Å². The topological polar surface area (TPSA) is 9.23 Å². The third-order valence-electron chi connectivity index (χ3n) is 3.69. The second-order valence-electron chi connectivity index (χ2n) is 4.94. The first kappa shape index (κ1) is 12.2. The molecule has 1 saturated carbocycles. The first-order chi connectivity index (χ1) is 8.31. The van der Waals surface area contributed by atoms with E-state index in [0.717, 1.165) is 24.2 Å². The van der Waals surface area contributed by atoms with E-state index < -0.39 is 0 Å². The van der Waals surface area contributed by atoms with Gasteiger partial charge >= 0.3 is 0 Å². The molecule has 0 aliphatic heterocycles. The van der Waals surface area contributed by atoms with Crippen molar-refractivity contribution in [3.05, 3.63) is 42.0 Å². The lowest BCUT2D eigenvalue weighted by molar-refractivity contribution is 0.302. The molecule has 1 fully saturated rings. The number of ether oxygens (including phenoxy) is 1. The summed E-state index contributed by atoms with van der Waals surface area (Å²) in [7, 11) is 0. The molecule has 1 aromatic rings. The third-order valence-corrected chi connectivity index (χ3v) is 3.69. The van der Waals surface area contributed by atoms with Crippen molar-refractivity contribution in [2.45, 2.75) is 33.1 Å². The van der Waals surface area contributed by atoms with Crippen molar-refractivity contribution in [1.29, 1.82) is 0 Å². The van der Waals surface area contributed by atoms with E-state index in [2.05, 4.69) is 19.9 Å². The van der Waals surface area contributed by atoms with Crippen LogP contribution in [0.1, 0.15) is 33.1 Å². The highest BCUT2D eigenvalue weighted by molar-refractivity contribution is 5.20. The summed E-state index contributed by atoms with van der Waals surface area (Å²) in [5.41, 5.74) is 1.57. The molecule has 0 bridgehead atoms. The molecule has 0 radical (unpaired) electrons. The molecule has 0 spiro atoms. The Morgan fingerprint density at radius 3 is 2.82 bits per heavy atom. The van der Waals surface area contributed by atoms with Gasteiger partial charge in [0.2, 0.25) is 0 Å². The van der Waals surface area contributed by atoms with Crippen LogP contribution < -0.4 is 4.74 Å². The van der Waals surface area contributed by atoms with E-state index in [9.17, 15) is 0 Å². The van der Waals surface area contributed by atoms with Gasteiger partial charge in [-0.15, -0.1) is 0 Å². The third kappa shape index (κ3) is 3.62. The molecule has 2 atom stereocenters. The maximum Gasteiger partial charge on any atom is 0.119 e. The number of allylic oxidation sites excluding steroid dienone is 2. The smallest absolute Gasteiger partial charge is 0.119 e. The lowest BCUT2D eigenvalue weighted by Crippen LogP contribution is -1.98. The minimum absolute atomic E-state index is 0.849. The van der Waals surface area contributed by atoms with E-state index in [1.807, 2.05) is 30.3 Å². The van der Waals surface area contributed by atoms with E-state index in [1.165, 1.54) is 19.3 Å². The molecule has 2 rings (SSSR count).